The van der Waals surface area contributed by atoms with E-state index < -0.39 is 5.54 Å². The third kappa shape index (κ3) is 5.56. The van der Waals surface area contributed by atoms with Crippen LogP contribution in [0, 0.1) is 0 Å². The quantitative estimate of drug-likeness (QED) is 0.413. The van der Waals surface area contributed by atoms with Crippen LogP contribution in [-0.2, 0) is 19.2 Å². The van der Waals surface area contributed by atoms with Crippen molar-refractivity contribution in [1.82, 2.24) is 39.6 Å². The van der Waals surface area contributed by atoms with Gasteiger partial charge in [0.15, 0.2) is 5.78 Å². The van der Waals surface area contributed by atoms with Crippen molar-refractivity contribution in [3.05, 3.63) is 23.5 Å². The molecule has 4 fully saturated rings. The molecule has 0 aliphatic carbocycles. The molecular formula is C30H50N8O4. The third-order valence-electron chi connectivity index (χ3n) is 9.67. The van der Waals surface area contributed by atoms with Gasteiger partial charge in [0.1, 0.15) is 5.54 Å². The zero-order chi connectivity index (χ0) is 31.2. The van der Waals surface area contributed by atoms with Crippen LogP contribution in [0.2, 0.25) is 0 Å². The van der Waals surface area contributed by atoms with Crippen LogP contribution in [0.3, 0.4) is 0 Å². The Kier molecular flexibility index (Phi) is 8.84. The fourth-order valence-corrected chi connectivity index (χ4v) is 7.42. The first-order chi connectivity index (χ1) is 19.5. The summed E-state index contributed by atoms with van der Waals surface area (Å²) in [5.41, 5.74) is 1.42. The SMILES string of the molecule is CN(C)C1=CC(=O)N2CCNCC12C.CN1CCN2C(=O)C=C(N(C)C)C2(C)C1.CN1CCN2C(=O)CC(=O)C2(C)C1. The third-order valence-corrected chi connectivity index (χ3v) is 9.67. The van der Waals surface area contributed by atoms with Crippen LogP contribution < -0.4 is 5.32 Å². The molecule has 3 atom stereocenters. The molecule has 42 heavy (non-hydrogen) atoms. The lowest BCUT2D eigenvalue weighted by Crippen LogP contribution is -2.60. The second kappa shape index (κ2) is 11.6. The first-order valence-corrected chi connectivity index (χ1v) is 14.9. The number of ketones is 1. The monoisotopic (exact) mass is 586 g/mol. The van der Waals surface area contributed by atoms with Gasteiger partial charge in [-0.05, 0) is 34.9 Å². The zero-order valence-electron chi connectivity index (χ0n) is 27.0. The number of hydrogen-bond donors (Lipinski definition) is 1. The number of hydrogen-bond acceptors (Lipinski definition) is 9. The van der Waals surface area contributed by atoms with Crippen molar-refractivity contribution < 1.29 is 19.2 Å². The maximum atomic E-state index is 11.8. The van der Waals surface area contributed by atoms with Gasteiger partial charge in [-0.2, -0.15) is 0 Å². The second-order valence-electron chi connectivity index (χ2n) is 13.4. The molecule has 234 valence electrons. The molecule has 3 amide bonds. The highest BCUT2D eigenvalue weighted by atomic mass is 16.2. The molecule has 0 radical (unpaired) electrons. The average Bonchev–Trinajstić information content (AvgIpc) is 3.42. The predicted molar refractivity (Wildman–Crippen MR) is 161 cm³/mol. The van der Waals surface area contributed by atoms with Crippen LogP contribution in [0.15, 0.2) is 23.5 Å². The Morgan fingerprint density at radius 2 is 1.14 bits per heavy atom. The van der Waals surface area contributed by atoms with Gasteiger partial charge in [0.2, 0.25) is 17.7 Å². The molecule has 3 unspecified atom stereocenters. The zero-order valence-corrected chi connectivity index (χ0v) is 27.0. The van der Waals surface area contributed by atoms with Crippen LogP contribution in [0.4, 0.5) is 0 Å². The highest BCUT2D eigenvalue weighted by Gasteiger charge is 2.51. The van der Waals surface area contributed by atoms with Crippen LogP contribution in [-0.4, -0.2) is 176 Å². The van der Waals surface area contributed by atoms with Crippen molar-refractivity contribution in [3.8, 4) is 0 Å². The van der Waals surface area contributed by atoms with E-state index >= 15 is 0 Å². The van der Waals surface area contributed by atoms with Crippen LogP contribution in [0.25, 0.3) is 0 Å². The molecule has 6 aliphatic heterocycles. The number of carbonyl (C=O) groups excluding carboxylic acids is 4. The van der Waals surface area contributed by atoms with Gasteiger partial charge in [-0.15, -0.1) is 0 Å². The number of amides is 3. The maximum absolute atomic E-state index is 11.8. The summed E-state index contributed by atoms with van der Waals surface area (Å²) in [4.78, 5) is 60.7. The van der Waals surface area contributed by atoms with Gasteiger partial charge >= 0.3 is 0 Å². The Labute approximate surface area is 250 Å². The highest BCUT2D eigenvalue weighted by Crippen LogP contribution is 2.35. The predicted octanol–water partition coefficient (Wildman–Crippen LogP) is -0.894. The Morgan fingerprint density at radius 1 is 0.667 bits per heavy atom. The molecule has 0 spiro atoms. The van der Waals surface area contributed by atoms with E-state index in [9.17, 15) is 19.2 Å². The lowest BCUT2D eigenvalue weighted by Gasteiger charge is -2.46. The first-order valence-electron chi connectivity index (χ1n) is 14.9. The molecule has 0 aromatic carbocycles. The van der Waals surface area contributed by atoms with Crippen molar-refractivity contribution in [2.24, 2.45) is 0 Å². The summed E-state index contributed by atoms with van der Waals surface area (Å²) in [6.45, 7) is 13.7. The van der Waals surface area contributed by atoms with Gasteiger partial charge in [-0.25, -0.2) is 0 Å². The maximum Gasteiger partial charge on any atom is 0.249 e. The van der Waals surface area contributed by atoms with Crippen LogP contribution >= 0.6 is 0 Å². The lowest BCUT2D eigenvalue weighted by atomic mass is 9.95. The van der Waals surface area contributed by atoms with Crippen molar-refractivity contribution >= 4 is 23.5 Å². The molecular weight excluding hydrogens is 536 g/mol. The Hall–Kier alpha value is -2.96. The number of likely N-dealkylation sites (N-methyl/N-ethyl adjacent to an activating group) is 4. The van der Waals surface area contributed by atoms with Crippen molar-refractivity contribution in [2.45, 2.75) is 43.8 Å². The van der Waals surface area contributed by atoms with Gasteiger partial charge in [-0.3, -0.25) is 19.2 Å². The summed E-state index contributed by atoms with van der Waals surface area (Å²) in [5.74, 6) is 0.386. The number of nitrogens with one attached hydrogen (secondary N) is 1. The molecule has 1 N–H and O–H groups in total. The molecule has 4 saturated heterocycles. The lowest BCUT2D eigenvalue weighted by molar-refractivity contribution is -0.135. The van der Waals surface area contributed by atoms with Gasteiger partial charge in [-0.1, -0.05) is 0 Å². The molecule has 0 saturated carbocycles. The highest BCUT2D eigenvalue weighted by molar-refractivity contribution is 6.10. The van der Waals surface area contributed by atoms with Gasteiger partial charge in [0.05, 0.1) is 17.5 Å². The Morgan fingerprint density at radius 3 is 1.69 bits per heavy atom. The minimum absolute atomic E-state index is 0.000556. The summed E-state index contributed by atoms with van der Waals surface area (Å²) in [6.07, 6.45) is 3.64. The van der Waals surface area contributed by atoms with Gasteiger partial charge in [0, 0.05) is 111 Å². The number of Topliss-reactive ketones (excluding diaryl/α,β-unsaturated/α-hetero) is 1. The fourth-order valence-electron chi connectivity index (χ4n) is 7.42. The Bertz CT molecular complexity index is 1180. The number of nitrogens with zero attached hydrogens (tertiary/aromatic N) is 7. The summed E-state index contributed by atoms with van der Waals surface area (Å²) in [5, 5.41) is 3.34. The summed E-state index contributed by atoms with van der Waals surface area (Å²) < 4.78 is 0. The number of fused-ring (bicyclic) bond motifs is 3. The average molecular weight is 587 g/mol. The second-order valence-corrected chi connectivity index (χ2v) is 13.4. The van der Waals surface area contributed by atoms with Crippen molar-refractivity contribution in [3.63, 3.8) is 0 Å². The first kappa shape index (κ1) is 32.0. The van der Waals surface area contributed by atoms with Crippen molar-refractivity contribution in [2.75, 3.05) is 101 Å². The minimum Gasteiger partial charge on any atom is -0.379 e. The molecule has 0 bridgehead atoms. The topological polar surface area (TPSA) is 103 Å². The van der Waals surface area contributed by atoms with E-state index in [0.29, 0.717) is 13.1 Å². The van der Waals surface area contributed by atoms with E-state index in [1.807, 2.05) is 56.9 Å². The Balaban J connectivity index is 0.000000145. The summed E-state index contributed by atoms with van der Waals surface area (Å²) in [6, 6.07) is 0. The molecule has 6 rings (SSSR count). The molecule has 12 heteroatoms. The molecule has 6 heterocycles. The fraction of sp³-hybridized carbons (Fsp3) is 0.733. The minimum atomic E-state index is -0.538. The largest absolute Gasteiger partial charge is 0.379 e. The molecule has 0 aromatic heterocycles. The van der Waals surface area contributed by atoms with Crippen LogP contribution in [0.5, 0.6) is 0 Å². The number of rotatable bonds is 2. The van der Waals surface area contributed by atoms with Crippen molar-refractivity contribution in [1.29, 1.82) is 0 Å². The molecule has 6 aliphatic rings. The van der Waals surface area contributed by atoms with E-state index in [1.165, 1.54) is 0 Å². The molecule has 12 nitrogen and oxygen atoms in total. The van der Waals surface area contributed by atoms with E-state index in [2.05, 4.69) is 40.9 Å². The summed E-state index contributed by atoms with van der Waals surface area (Å²) >= 11 is 0. The number of carbonyl (C=O) groups is 4. The molecule has 0 aromatic rings. The van der Waals surface area contributed by atoms with Gasteiger partial charge in [0.25, 0.3) is 0 Å². The summed E-state index contributed by atoms with van der Waals surface area (Å²) in [7, 11) is 12.1. The normalized spacial score (nSPS) is 32.7. The smallest absolute Gasteiger partial charge is 0.249 e. The van der Waals surface area contributed by atoms with Gasteiger partial charge < -0.3 is 39.6 Å². The standard InChI is InChI=1S/C11H19N3O.C10H17N3O.C9H14N2O2/c1-11-8-13(4)5-6-14(11)10(15)7-9(11)12(2)3;1-10-7-11-4-5-13(10)9(14)6-8(10)12(2)3;1-9-6-10(2)3-4-11(9)8(13)5-7(9)12/h7H,5-6,8H2,1-4H3;6,11H,4-5,7H2,1-3H3;3-6H2,1-2H3. The number of piperazine rings is 3. The van der Waals surface area contributed by atoms with Crippen LogP contribution in [0.1, 0.15) is 27.2 Å². The van der Waals surface area contributed by atoms with E-state index in [4.69, 9.17) is 0 Å². The van der Waals surface area contributed by atoms with E-state index in [1.54, 1.807) is 17.1 Å². The van der Waals surface area contributed by atoms with E-state index in [-0.39, 0.29) is 41.0 Å². The van der Waals surface area contributed by atoms with E-state index in [0.717, 1.165) is 57.2 Å².